The molecule has 2 heterocycles. The van der Waals surface area contributed by atoms with Gasteiger partial charge in [-0.1, -0.05) is 17.7 Å². The minimum Gasteiger partial charge on any atom is -0.459 e. The number of anilines is 3. The zero-order valence-electron chi connectivity index (χ0n) is 12.5. The van der Waals surface area contributed by atoms with E-state index in [1.54, 1.807) is 6.26 Å². The molecule has 3 aromatic rings. The number of nitrogens with zero attached hydrogens (tertiary/aromatic N) is 2. The van der Waals surface area contributed by atoms with Gasteiger partial charge in [-0.3, -0.25) is 0 Å². The van der Waals surface area contributed by atoms with Crippen LogP contribution in [0.3, 0.4) is 0 Å². The fourth-order valence-electron chi connectivity index (χ4n) is 2.53. The van der Waals surface area contributed by atoms with Crippen LogP contribution in [0.5, 0.6) is 0 Å². The smallest absolute Gasteiger partial charge is 0.229 e. The zero-order valence-corrected chi connectivity index (χ0v) is 12.5. The summed E-state index contributed by atoms with van der Waals surface area (Å²) >= 11 is 0. The molecule has 1 fully saturated rings. The lowest BCUT2D eigenvalue weighted by molar-refractivity contribution is 0.444. The first-order chi connectivity index (χ1) is 10.8. The summed E-state index contributed by atoms with van der Waals surface area (Å²) in [4.78, 5) is 9.09. The summed E-state index contributed by atoms with van der Waals surface area (Å²) in [5.74, 6) is 1.36. The third-order valence-corrected chi connectivity index (χ3v) is 4.06. The van der Waals surface area contributed by atoms with Crippen molar-refractivity contribution in [3.05, 3.63) is 42.2 Å². The second-order valence-electron chi connectivity index (χ2n) is 5.79. The van der Waals surface area contributed by atoms with Crippen LogP contribution in [0.2, 0.25) is 0 Å². The summed E-state index contributed by atoms with van der Waals surface area (Å²) in [5.41, 5.74) is 3.74. The van der Waals surface area contributed by atoms with Crippen molar-refractivity contribution in [3.63, 3.8) is 0 Å². The van der Waals surface area contributed by atoms with E-state index in [1.807, 2.05) is 18.2 Å². The van der Waals surface area contributed by atoms with Crippen LogP contribution in [-0.4, -0.2) is 16.0 Å². The molecule has 5 heteroatoms. The van der Waals surface area contributed by atoms with E-state index in [-0.39, 0.29) is 0 Å². The van der Waals surface area contributed by atoms with Gasteiger partial charge in [0.25, 0.3) is 0 Å². The van der Waals surface area contributed by atoms with Crippen molar-refractivity contribution in [2.75, 3.05) is 10.6 Å². The highest BCUT2D eigenvalue weighted by atomic mass is 16.3. The minimum atomic E-state index is 0.496. The highest BCUT2D eigenvalue weighted by Gasteiger charge is 2.20. The Hall–Kier alpha value is -2.56. The Labute approximate surface area is 128 Å². The second-order valence-corrected chi connectivity index (χ2v) is 5.79. The number of aryl methyl sites for hydroxylation is 1. The number of benzene rings is 1. The molecule has 1 aliphatic carbocycles. The van der Waals surface area contributed by atoms with E-state index in [1.165, 1.54) is 24.8 Å². The standard InChI is InChI=1S/C17H18N4O/c1-11-5-7-13(8-6-11)19-17-20-14-9-10-22-15(14)16(21-17)18-12-3-2-4-12/h5-10,12H,2-4H2,1H3,(H2,18,19,20,21). The molecule has 0 saturated heterocycles. The van der Waals surface area contributed by atoms with E-state index >= 15 is 0 Å². The topological polar surface area (TPSA) is 63.0 Å². The lowest BCUT2D eigenvalue weighted by Crippen LogP contribution is -2.27. The van der Waals surface area contributed by atoms with Crippen LogP contribution in [0.25, 0.3) is 11.1 Å². The maximum atomic E-state index is 5.52. The van der Waals surface area contributed by atoms with E-state index in [9.17, 15) is 0 Å². The molecule has 0 radical (unpaired) electrons. The molecular weight excluding hydrogens is 276 g/mol. The maximum absolute atomic E-state index is 5.52. The zero-order chi connectivity index (χ0) is 14.9. The first-order valence-electron chi connectivity index (χ1n) is 7.63. The van der Waals surface area contributed by atoms with Gasteiger partial charge >= 0.3 is 0 Å². The van der Waals surface area contributed by atoms with Gasteiger partial charge in [-0.25, -0.2) is 4.98 Å². The molecule has 1 saturated carbocycles. The second kappa shape index (κ2) is 5.33. The monoisotopic (exact) mass is 294 g/mol. The summed E-state index contributed by atoms with van der Waals surface area (Å²) in [5, 5.41) is 6.72. The van der Waals surface area contributed by atoms with Crippen LogP contribution < -0.4 is 10.6 Å². The normalized spacial score (nSPS) is 14.8. The van der Waals surface area contributed by atoms with Crippen LogP contribution in [0, 0.1) is 6.92 Å². The van der Waals surface area contributed by atoms with Gasteiger partial charge in [-0.05, 0) is 38.3 Å². The lowest BCUT2D eigenvalue weighted by Gasteiger charge is -2.26. The fraction of sp³-hybridized carbons (Fsp3) is 0.294. The number of hydrogen-bond acceptors (Lipinski definition) is 5. The van der Waals surface area contributed by atoms with Crippen molar-refractivity contribution in [1.82, 2.24) is 9.97 Å². The third-order valence-electron chi connectivity index (χ3n) is 4.06. The van der Waals surface area contributed by atoms with Gasteiger partial charge in [0.2, 0.25) is 5.95 Å². The van der Waals surface area contributed by atoms with Gasteiger partial charge in [0.15, 0.2) is 11.4 Å². The van der Waals surface area contributed by atoms with E-state index in [2.05, 4.69) is 39.7 Å². The molecule has 1 aromatic carbocycles. The maximum Gasteiger partial charge on any atom is 0.229 e. The lowest BCUT2D eigenvalue weighted by atomic mass is 9.93. The predicted octanol–water partition coefficient (Wildman–Crippen LogP) is 4.24. The van der Waals surface area contributed by atoms with E-state index < -0.39 is 0 Å². The number of fused-ring (bicyclic) bond motifs is 1. The molecule has 5 nitrogen and oxygen atoms in total. The summed E-state index contributed by atoms with van der Waals surface area (Å²) in [6, 6.07) is 10.5. The molecule has 1 aliphatic rings. The first kappa shape index (κ1) is 13.1. The molecule has 2 aromatic heterocycles. The highest BCUT2D eigenvalue weighted by molar-refractivity contribution is 5.85. The molecule has 22 heavy (non-hydrogen) atoms. The van der Waals surface area contributed by atoms with E-state index in [0.29, 0.717) is 12.0 Å². The Morgan fingerprint density at radius 3 is 2.64 bits per heavy atom. The molecule has 0 aliphatic heterocycles. The number of hydrogen-bond donors (Lipinski definition) is 2. The third kappa shape index (κ3) is 2.50. The van der Waals surface area contributed by atoms with Gasteiger partial charge in [0.05, 0.1) is 6.26 Å². The Kier molecular flexibility index (Phi) is 3.18. The van der Waals surface area contributed by atoms with Gasteiger partial charge in [-0.2, -0.15) is 4.98 Å². The van der Waals surface area contributed by atoms with Gasteiger partial charge in [0, 0.05) is 17.8 Å². The van der Waals surface area contributed by atoms with Gasteiger partial charge in [0.1, 0.15) is 5.52 Å². The molecule has 0 spiro atoms. The van der Waals surface area contributed by atoms with Crippen LogP contribution in [-0.2, 0) is 0 Å². The first-order valence-corrected chi connectivity index (χ1v) is 7.63. The predicted molar refractivity (Wildman–Crippen MR) is 87.5 cm³/mol. The number of nitrogens with one attached hydrogen (secondary N) is 2. The van der Waals surface area contributed by atoms with Crippen LogP contribution in [0.15, 0.2) is 41.0 Å². The summed E-state index contributed by atoms with van der Waals surface area (Å²) in [7, 11) is 0. The molecule has 0 bridgehead atoms. The molecule has 4 rings (SSSR count). The van der Waals surface area contributed by atoms with Crippen molar-refractivity contribution in [2.45, 2.75) is 32.2 Å². The van der Waals surface area contributed by atoms with Crippen molar-refractivity contribution in [2.24, 2.45) is 0 Å². The molecule has 112 valence electrons. The molecular formula is C17H18N4O. The van der Waals surface area contributed by atoms with Crippen LogP contribution in [0.4, 0.5) is 17.5 Å². The quantitative estimate of drug-likeness (QED) is 0.753. The van der Waals surface area contributed by atoms with Gasteiger partial charge in [-0.15, -0.1) is 0 Å². The fourth-order valence-corrected chi connectivity index (χ4v) is 2.53. The minimum absolute atomic E-state index is 0.496. The summed E-state index contributed by atoms with van der Waals surface area (Å²) in [6.45, 7) is 2.07. The van der Waals surface area contributed by atoms with Gasteiger partial charge < -0.3 is 15.1 Å². The Balaban J connectivity index is 1.66. The number of aromatic nitrogens is 2. The molecule has 2 N–H and O–H groups in total. The van der Waals surface area contributed by atoms with Crippen LogP contribution >= 0.6 is 0 Å². The van der Waals surface area contributed by atoms with E-state index in [4.69, 9.17) is 4.42 Å². The van der Waals surface area contributed by atoms with Crippen molar-refractivity contribution < 1.29 is 4.42 Å². The van der Waals surface area contributed by atoms with E-state index in [0.717, 1.165) is 22.6 Å². The largest absolute Gasteiger partial charge is 0.459 e. The molecule has 0 atom stereocenters. The average molecular weight is 294 g/mol. The average Bonchev–Trinajstić information content (AvgIpc) is 2.93. The Bertz CT molecular complexity index is 790. The van der Waals surface area contributed by atoms with Crippen molar-refractivity contribution in [3.8, 4) is 0 Å². The molecule has 0 amide bonds. The Morgan fingerprint density at radius 1 is 1.09 bits per heavy atom. The number of furan rings is 1. The van der Waals surface area contributed by atoms with Crippen LogP contribution in [0.1, 0.15) is 24.8 Å². The number of rotatable bonds is 4. The summed E-state index contributed by atoms with van der Waals surface area (Å²) < 4.78 is 5.52. The Morgan fingerprint density at radius 2 is 1.91 bits per heavy atom. The SMILES string of the molecule is Cc1ccc(Nc2nc(NC3CCC3)c3occc3n2)cc1. The molecule has 0 unspecified atom stereocenters. The summed E-state index contributed by atoms with van der Waals surface area (Å²) in [6.07, 6.45) is 5.30. The van der Waals surface area contributed by atoms with Crippen molar-refractivity contribution >= 4 is 28.6 Å². The van der Waals surface area contributed by atoms with Crippen molar-refractivity contribution in [1.29, 1.82) is 0 Å². The highest BCUT2D eigenvalue weighted by Crippen LogP contribution is 2.28.